The first kappa shape index (κ1) is 15.4. The van der Waals surface area contributed by atoms with Gasteiger partial charge in [0.1, 0.15) is 5.75 Å². The van der Waals surface area contributed by atoms with E-state index in [-0.39, 0.29) is 5.75 Å². The van der Waals surface area contributed by atoms with Gasteiger partial charge in [-0.1, -0.05) is 0 Å². The number of halogens is 2. The molecule has 1 aromatic carbocycles. The van der Waals surface area contributed by atoms with Crippen molar-refractivity contribution in [2.24, 2.45) is 5.73 Å². The molecule has 21 heavy (non-hydrogen) atoms. The van der Waals surface area contributed by atoms with Crippen molar-refractivity contribution in [3.05, 3.63) is 36.0 Å². The van der Waals surface area contributed by atoms with Crippen LogP contribution in [0.5, 0.6) is 5.75 Å². The number of aromatic nitrogens is 2. The normalized spacial score (nSPS) is 11.3. The Morgan fingerprint density at radius 2 is 2.05 bits per heavy atom. The number of alkyl halides is 2. The highest BCUT2D eigenvalue weighted by atomic mass is 19.3. The van der Waals surface area contributed by atoms with E-state index in [1.807, 2.05) is 13.2 Å². The molecule has 0 fully saturated rings. The summed E-state index contributed by atoms with van der Waals surface area (Å²) >= 11 is 0. The fourth-order valence-electron chi connectivity index (χ4n) is 2.07. The van der Waals surface area contributed by atoms with E-state index in [2.05, 4.69) is 19.8 Å². The van der Waals surface area contributed by atoms with Gasteiger partial charge < -0.3 is 15.4 Å². The molecule has 0 unspecified atom stereocenters. The molecule has 0 aliphatic rings. The van der Waals surface area contributed by atoms with Gasteiger partial charge in [0.2, 0.25) is 0 Å². The second kappa shape index (κ2) is 7.14. The minimum absolute atomic E-state index is 0.131. The van der Waals surface area contributed by atoms with E-state index in [9.17, 15) is 8.78 Å². The summed E-state index contributed by atoms with van der Waals surface area (Å²) in [7, 11) is 1.98. The van der Waals surface area contributed by atoms with Crippen molar-refractivity contribution in [3.63, 3.8) is 0 Å². The van der Waals surface area contributed by atoms with E-state index >= 15 is 0 Å². The number of hydrogen-bond donors (Lipinski definition) is 2. The van der Waals surface area contributed by atoms with Gasteiger partial charge in [-0.2, -0.15) is 13.9 Å². The van der Waals surface area contributed by atoms with E-state index < -0.39 is 6.61 Å². The van der Waals surface area contributed by atoms with Crippen molar-refractivity contribution in [1.82, 2.24) is 15.1 Å². The number of nitrogens with two attached hydrogens (primary N) is 1. The molecular formula is C14H18F2N4O. The van der Waals surface area contributed by atoms with Crippen molar-refractivity contribution in [1.29, 1.82) is 0 Å². The summed E-state index contributed by atoms with van der Waals surface area (Å²) in [6.07, 6.45) is 1.83. The number of aromatic amines is 1. The summed E-state index contributed by atoms with van der Waals surface area (Å²) < 4.78 is 28.6. The molecule has 0 aliphatic carbocycles. The van der Waals surface area contributed by atoms with Crippen LogP contribution in [0.25, 0.3) is 11.3 Å². The maximum absolute atomic E-state index is 12.1. The zero-order chi connectivity index (χ0) is 15.2. The number of nitrogens with zero attached hydrogens (tertiary/aromatic N) is 2. The van der Waals surface area contributed by atoms with Crippen LogP contribution in [0.4, 0.5) is 8.78 Å². The lowest BCUT2D eigenvalue weighted by Gasteiger charge is -2.15. The van der Waals surface area contributed by atoms with E-state index in [0.29, 0.717) is 13.1 Å². The molecule has 3 N–H and O–H groups in total. The van der Waals surface area contributed by atoms with Gasteiger partial charge in [0, 0.05) is 37.0 Å². The Kier molecular flexibility index (Phi) is 5.24. The van der Waals surface area contributed by atoms with Crippen LogP contribution in [0.1, 0.15) is 5.56 Å². The van der Waals surface area contributed by atoms with Crippen LogP contribution >= 0.6 is 0 Å². The maximum atomic E-state index is 12.1. The second-order valence-corrected chi connectivity index (χ2v) is 4.69. The smallest absolute Gasteiger partial charge is 0.387 e. The van der Waals surface area contributed by atoms with Crippen LogP contribution in [0, 0.1) is 0 Å². The van der Waals surface area contributed by atoms with Crippen molar-refractivity contribution >= 4 is 0 Å². The summed E-state index contributed by atoms with van der Waals surface area (Å²) in [5.74, 6) is 0.131. The van der Waals surface area contributed by atoms with Gasteiger partial charge in [0.25, 0.3) is 0 Å². The van der Waals surface area contributed by atoms with Gasteiger partial charge in [0.05, 0.1) is 5.69 Å². The molecule has 0 atom stereocenters. The Morgan fingerprint density at radius 3 is 2.67 bits per heavy atom. The predicted octanol–water partition coefficient (Wildman–Crippen LogP) is 2.07. The Bertz CT molecular complexity index is 556. The largest absolute Gasteiger partial charge is 0.435 e. The van der Waals surface area contributed by atoms with E-state index in [1.54, 1.807) is 12.1 Å². The second-order valence-electron chi connectivity index (χ2n) is 4.69. The van der Waals surface area contributed by atoms with E-state index in [4.69, 9.17) is 5.73 Å². The summed E-state index contributed by atoms with van der Waals surface area (Å²) in [6, 6.07) is 6.42. The Hall–Kier alpha value is -1.99. The lowest BCUT2D eigenvalue weighted by atomic mass is 10.1. The highest BCUT2D eigenvalue weighted by Gasteiger charge is 2.11. The highest BCUT2D eigenvalue weighted by molar-refractivity contribution is 5.63. The van der Waals surface area contributed by atoms with Crippen LogP contribution in [-0.2, 0) is 6.54 Å². The average molecular weight is 296 g/mol. The molecule has 114 valence electrons. The van der Waals surface area contributed by atoms with Gasteiger partial charge in [-0.15, -0.1) is 0 Å². The standard InChI is InChI=1S/C14H18F2N4O/c1-20(7-6-17)9-11-8-18-19-13(11)10-2-4-12(5-3-10)21-14(15)16/h2-5,8,14H,6-7,9,17H2,1H3,(H,18,19). The van der Waals surface area contributed by atoms with E-state index in [1.165, 1.54) is 12.1 Å². The number of hydrogen-bond acceptors (Lipinski definition) is 4. The number of nitrogens with one attached hydrogen (secondary N) is 1. The van der Waals surface area contributed by atoms with Crippen LogP contribution in [-0.4, -0.2) is 41.8 Å². The minimum Gasteiger partial charge on any atom is -0.435 e. The van der Waals surface area contributed by atoms with Crippen LogP contribution in [0.3, 0.4) is 0 Å². The maximum Gasteiger partial charge on any atom is 0.387 e. The predicted molar refractivity (Wildman–Crippen MR) is 76.0 cm³/mol. The molecule has 7 heteroatoms. The van der Waals surface area contributed by atoms with Crippen LogP contribution in [0.2, 0.25) is 0 Å². The third-order valence-corrected chi connectivity index (χ3v) is 3.02. The fraction of sp³-hybridized carbons (Fsp3) is 0.357. The van der Waals surface area contributed by atoms with Gasteiger partial charge in [-0.05, 0) is 31.3 Å². The minimum atomic E-state index is -2.82. The van der Waals surface area contributed by atoms with Crippen molar-refractivity contribution in [2.45, 2.75) is 13.2 Å². The molecule has 1 aromatic heterocycles. The Labute approximate surface area is 121 Å². The SMILES string of the molecule is CN(CCN)Cc1c[nH]nc1-c1ccc(OC(F)F)cc1. The van der Waals surface area contributed by atoms with Gasteiger partial charge in [-0.3, -0.25) is 5.10 Å². The molecule has 0 amide bonds. The molecule has 5 nitrogen and oxygen atoms in total. The number of rotatable bonds is 7. The number of H-pyrrole nitrogens is 1. The average Bonchev–Trinajstić information content (AvgIpc) is 2.87. The first-order valence-electron chi connectivity index (χ1n) is 6.56. The molecule has 0 bridgehead atoms. The lowest BCUT2D eigenvalue weighted by Crippen LogP contribution is -2.25. The van der Waals surface area contributed by atoms with Crippen LogP contribution < -0.4 is 10.5 Å². The Balaban J connectivity index is 2.13. The van der Waals surface area contributed by atoms with Crippen LogP contribution in [0.15, 0.2) is 30.5 Å². The molecule has 0 aliphatic heterocycles. The molecule has 2 aromatic rings. The quantitative estimate of drug-likeness (QED) is 0.821. The molecular weight excluding hydrogens is 278 g/mol. The summed E-state index contributed by atoms with van der Waals surface area (Å²) in [5, 5.41) is 7.05. The topological polar surface area (TPSA) is 67.2 Å². The molecule has 1 heterocycles. The highest BCUT2D eigenvalue weighted by Crippen LogP contribution is 2.25. The summed E-state index contributed by atoms with van der Waals surface area (Å²) in [6.45, 7) is -0.741. The summed E-state index contributed by atoms with van der Waals surface area (Å²) in [4.78, 5) is 2.09. The first-order valence-corrected chi connectivity index (χ1v) is 6.56. The molecule has 2 rings (SSSR count). The number of ether oxygens (including phenoxy) is 1. The molecule has 0 radical (unpaired) electrons. The third kappa shape index (κ3) is 4.24. The van der Waals surface area contributed by atoms with Gasteiger partial charge in [0.15, 0.2) is 0 Å². The molecule has 0 spiro atoms. The fourth-order valence-corrected chi connectivity index (χ4v) is 2.07. The molecule has 0 saturated heterocycles. The van der Waals surface area contributed by atoms with Gasteiger partial charge >= 0.3 is 6.61 Å². The Morgan fingerprint density at radius 1 is 1.33 bits per heavy atom. The third-order valence-electron chi connectivity index (χ3n) is 3.02. The van der Waals surface area contributed by atoms with Gasteiger partial charge in [-0.25, -0.2) is 0 Å². The monoisotopic (exact) mass is 296 g/mol. The zero-order valence-electron chi connectivity index (χ0n) is 11.7. The summed E-state index contributed by atoms with van der Waals surface area (Å²) in [5.41, 5.74) is 8.18. The number of likely N-dealkylation sites (N-methyl/N-ethyl adjacent to an activating group) is 1. The first-order chi connectivity index (χ1) is 10.1. The number of benzene rings is 1. The molecule has 0 saturated carbocycles. The zero-order valence-corrected chi connectivity index (χ0v) is 11.7. The van der Waals surface area contributed by atoms with Crippen molar-refractivity contribution in [3.8, 4) is 17.0 Å². The lowest BCUT2D eigenvalue weighted by molar-refractivity contribution is -0.0498. The van der Waals surface area contributed by atoms with Crippen molar-refractivity contribution in [2.75, 3.05) is 20.1 Å². The van der Waals surface area contributed by atoms with Crippen molar-refractivity contribution < 1.29 is 13.5 Å². The van der Waals surface area contributed by atoms with E-state index in [0.717, 1.165) is 23.4 Å².